The summed E-state index contributed by atoms with van der Waals surface area (Å²) in [5, 5.41) is 4.39. The lowest BCUT2D eigenvalue weighted by Gasteiger charge is -2.39. The third-order valence-corrected chi connectivity index (χ3v) is 8.00. The van der Waals surface area contributed by atoms with Gasteiger partial charge < -0.3 is 19.9 Å². The molecule has 2 aromatic rings. The first-order chi connectivity index (χ1) is 17.3. The number of hydrogen-bond donors (Lipinski definition) is 1. The highest BCUT2D eigenvalue weighted by Crippen LogP contribution is 2.41. The summed E-state index contributed by atoms with van der Waals surface area (Å²) in [7, 11) is 0. The van der Waals surface area contributed by atoms with Crippen molar-refractivity contribution in [2.75, 3.05) is 38.1 Å². The van der Waals surface area contributed by atoms with Gasteiger partial charge in [0.2, 0.25) is 5.91 Å². The summed E-state index contributed by atoms with van der Waals surface area (Å²) >= 11 is 5.86. The van der Waals surface area contributed by atoms with Crippen LogP contribution in [0.3, 0.4) is 0 Å². The normalized spacial score (nSPS) is 17.2. The van der Waals surface area contributed by atoms with Gasteiger partial charge in [0, 0.05) is 43.5 Å². The number of carbonyl (C=O) groups excluding carboxylic acids is 1. The van der Waals surface area contributed by atoms with Gasteiger partial charge in [-0.05, 0) is 79.9 Å². The predicted molar refractivity (Wildman–Crippen MR) is 153 cm³/mol. The number of likely N-dealkylation sites (tertiary alicyclic amines) is 2. The third kappa shape index (κ3) is 5.92. The number of aryl methyl sites for hydroxylation is 1. The van der Waals surface area contributed by atoms with E-state index in [1.807, 2.05) is 42.2 Å². The number of hydrogen-bond acceptors (Lipinski definition) is 3. The van der Waals surface area contributed by atoms with Crippen molar-refractivity contribution in [3.05, 3.63) is 65.2 Å². The number of amides is 1. The number of nitrogens with one attached hydrogen (secondary N) is 1. The van der Waals surface area contributed by atoms with Gasteiger partial charge in [0.05, 0.1) is 6.61 Å². The van der Waals surface area contributed by atoms with Gasteiger partial charge in [0.1, 0.15) is 5.75 Å². The Bertz CT molecular complexity index is 1120. The molecule has 0 bridgehead atoms. The maximum atomic E-state index is 12.9. The number of nitrogens with zero attached hydrogens (tertiary/aromatic N) is 2. The molecule has 0 aliphatic carbocycles. The van der Waals surface area contributed by atoms with Gasteiger partial charge in [-0.15, -0.1) is 0 Å². The molecule has 192 valence electrons. The van der Waals surface area contributed by atoms with E-state index in [2.05, 4.69) is 49.2 Å². The lowest BCUT2D eigenvalue weighted by atomic mass is 9.78. The molecule has 1 amide bonds. The van der Waals surface area contributed by atoms with Crippen LogP contribution in [0.2, 0.25) is 0 Å². The van der Waals surface area contributed by atoms with Crippen LogP contribution in [0, 0.1) is 12.3 Å². The smallest absolute Gasteiger partial charge is 0.246 e. The van der Waals surface area contributed by atoms with Crippen LogP contribution < -0.4 is 10.1 Å². The minimum atomic E-state index is 0.0731. The predicted octanol–water partition coefficient (Wildman–Crippen LogP) is 6.24. The van der Waals surface area contributed by atoms with E-state index in [-0.39, 0.29) is 11.3 Å². The van der Waals surface area contributed by atoms with Gasteiger partial charge in [0.25, 0.3) is 0 Å². The van der Waals surface area contributed by atoms with Gasteiger partial charge in [0.15, 0.2) is 5.11 Å². The lowest BCUT2D eigenvalue weighted by Crippen LogP contribution is -2.44. The van der Waals surface area contributed by atoms with Crippen LogP contribution in [0.25, 0.3) is 6.08 Å². The number of rotatable bonds is 6. The second kappa shape index (κ2) is 11.5. The fraction of sp³-hybridized carbons (Fsp3) is 0.467. The molecule has 1 N–H and O–H groups in total. The first kappa shape index (κ1) is 26.2. The number of thiocarbonyl (C=S) groups is 1. The summed E-state index contributed by atoms with van der Waals surface area (Å²) in [6.45, 7) is 12.7. The molecule has 6 heteroatoms. The molecule has 0 aromatic heterocycles. The first-order valence-electron chi connectivity index (χ1n) is 13.2. The van der Waals surface area contributed by atoms with E-state index < -0.39 is 0 Å². The van der Waals surface area contributed by atoms with Crippen LogP contribution >= 0.6 is 12.2 Å². The number of carbonyl (C=O) groups is 1. The molecule has 2 aromatic carbocycles. The molecule has 0 atom stereocenters. The highest BCUT2D eigenvalue weighted by Gasteiger charge is 2.42. The summed E-state index contributed by atoms with van der Waals surface area (Å²) in [6.07, 6.45) is 6.71. The summed E-state index contributed by atoms with van der Waals surface area (Å²) in [5.41, 5.74) is 4.84. The van der Waals surface area contributed by atoms with E-state index in [0.29, 0.717) is 12.5 Å². The Kier molecular flexibility index (Phi) is 8.35. The summed E-state index contributed by atoms with van der Waals surface area (Å²) in [6, 6.07) is 14.3. The summed E-state index contributed by atoms with van der Waals surface area (Å²) in [5.74, 6) is 1.32. The fourth-order valence-corrected chi connectivity index (χ4v) is 5.68. The van der Waals surface area contributed by atoms with Crippen molar-refractivity contribution in [3.8, 4) is 5.75 Å². The molecule has 2 fully saturated rings. The average Bonchev–Trinajstić information content (AvgIpc) is 3.28. The van der Waals surface area contributed by atoms with Crippen molar-refractivity contribution in [2.24, 2.45) is 5.41 Å². The van der Waals surface area contributed by atoms with Crippen LogP contribution in [0.1, 0.15) is 62.6 Å². The van der Waals surface area contributed by atoms with E-state index in [4.69, 9.17) is 17.0 Å². The number of benzene rings is 2. The zero-order valence-electron chi connectivity index (χ0n) is 22.0. The minimum Gasteiger partial charge on any atom is -0.493 e. The van der Waals surface area contributed by atoms with Gasteiger partial charge in [-0.3, -0.25) is 4.79 Å². The monoisotopic (exact) mass is 505 g/mol. The Balaban J connectivity index is 1.33. The van der Waals surface area contributed by atoms with E-state index in [0.717, 1.165) is 67.6 Å². The fourth-order valence-electron chi connectivity index (χ4n) is 5.42. The molecule has 36 heavy (non-hydrogen) atoms. The van der Waals surface area contributed by atoms with Gasteiger partial charge in [-0.1, -0.05) is 50.2 Å². The number of para-hydroxylation sites is 2. The summed E-state index contributed by atoms with van der Waals surface area (Å²) < 4.78 is 5.67. The van der Waals surface area contributed by atoms with Crippen molar-refractivity contribution in [2.45, 2.75) is 52.9 Å². The molecule has 1 spiro atoms. The number of piperidine rings is 1. The minimum absolute atomic E-state index is 0.0731. The maximum absolute atomic E-state index is 12.9. The highest BCUT2D eigenvalue weighted by atomic mass is 32.1. The third-order valence-electron chi connectivity index (χ3n) is 7.64. The largest absolute Gasteiger partial charge is 0.493 e. The second-order valence-corrected chi connectivity index (χ2v) is 10.8. The highest BCUT2D eigenvalue weighted by molar-refractivity contribution is 7.80. The summed E-state index contributed by atoms with van der Waals surface area (Å²) in [4.78, 5) is 17.2. The SMILES string of the molecule is CCOc1ccccc1/C=C/C(=O)N1CCC2(CC1)CCN(C(=S)Nc1c(C)cccc1C(C)C)C2. The zero-order chi connectivity index (χ0) is 25.7. The molecule has 2 heterocycles. The quantitative estimate of drug-likeness (QED) is 0.372. The van der Waals surface area contributed by atoms with Crippen LogP contribution in [-0.4, -0.2) is 53.6 Å². The number of anilines is 1. The molecule has 0 saturated carbocycles. The van der Waals surface area contributed by atoms with Gasteiger partial charge in [-0.2, -0.15) is 0 Å². The van der Waals surface area contributed by atoms with Crippen LogP contribution in [-0.2, 0) is 4.79 Å². The molecule has 0 radical (unpaired) electrons. The standard InChI is InChI=1S/C30H39N3O2S/c1-5-35-26-12-7-6-10-24(26)13-14-27(34)32-18-15-30(16-19-32)17-20-33(21-30)29(36)31-28-23(4)9-8-11-25(28)22(2)3/h6-14,22H,5,15-21H2,1-4H3,(H,31,36)/b14-13+. The van der Waals surface area contributed by atoms with Crippen molar-refractivity contribution in [3.63, 3.8) is 0 Å². The Labute approximate surface area is 221 Å². The molecule has 0 unspecified atom stereocenters. The van der Waals surface area contributed by atoms with E-state index in [1.165, 1.54) is 11.1 Å². The maximum Gasteiger partial charge on any atom is 0.246 e. The van der Waals surface area contributed by atoms with Gasteiger partial charge >= 0.3 is 0 Å². The van der Waals surface area contributed by atoms with Crippen molar-refractivity contribution >= 4 is 35.0 Å². The van der Waals surface area contributed by atoms with Crippen molar-refractivity contribution in [1.82, 2.24) is 9.80 Å². The average molecular weight is 506 g/mol. The molecule has 2 saturated heterocycles. The molecule has 5 nitrogen and oxygen atoms in total. The van der Waals surface area contributed by atoms with E-state index in [1.54, 1.807) is 6.08 Å². The first-order valence-corrected chi connectivity index (χ1v) is 13.6. The molecule has 4 rings (SSSR count). The van der Waals surface area contributed by atoms with Crippen LogP contribution in [0.15, 0.2) is 48.5 Å². The Morgan fingerprint density at radius 3 is 2.47 bits per heavy atom. The zero-order valence-corrected chi connectivity index (χ0v) is 22.9. The second-order valence-electron chi connectivity index (χ2n) is 10.4. The molecule has 2 aliphatic rings. The van der Waals surface area contributed by atoms with Crippen LogP contribution in [0.4, 0.5) is 5.69 Å². The Morgan fingerprint density at radius 1 is 1.08 bits per heavy atom. The molecular formula is C30H39N3O2S. The van der Waals surface area contributed by atoms with Gasteiger partial charge in [-0.25, -0.2) is 0 Å². The van der Waals surface area contributed by atoms with E-state index >= 15 is 0 Å². The topological polar surface area (TPSA) is 44.8 Å². The van der Waals surface area contributed by atoms with E-state index in [9.17, 15) is 4.79 Å². The Morgan fingerprint density at radius 2 is 1.78 bits per heavy atom. The van der Waals surface area contributed by atoms with Crippen molar-refractivity contribution < 1.29 is 9.53 Å². The van der Waals surface area contributed by atoms with Crippen LogP contribution in [0.5, 0.6) is 5.75 Å². The van der Waals surface area contributed by atoms with Crippen molar-refractivity contribution in [1.29, 1.82) is 0 Å². The Hall–Kier alpha value is -2.86. The number of ether oxygens (including phenoxy) is 1. The lowest BCUT2D eigenvalue weighted by molar-refractivity contribution is -0.128. The molecule has 2 aliphatic heterocycles. The molecular weight excluding hydrogens is 466 g/mol.